The SMILES string of the molecule is CCNC(=NCc1cccc(C(=O)NC(C)(C)C)c1)NCC(CO)c1ccccc1. The van der Waals surface area contributed by atoms with Gasteiger partial charge in [-0.3, -0.25) is 4.79 Å². The minimum absolute atomic E-state index is 0.0144. The first-order valence-electron chi connectivity index (χ1n) is 10.4. The van der Waals surface area contributed by atoms with Crippen LogP contribution in [0.25, 0.3) is 0 Å². The number of guanidine groups is 1. The fourth-order valence-electron chi connectivity index (χ4n) is 2.97. The molecule has 1 atom stereocenters. The van der Waals surface area contributed by atoms with Crippen LogP contribution in [0.5, 0.6) is 0 Å². The molecule has 1 amide bonds. The molecule has 6 nitrogen and oxygen atoms in total. The van der Waals surface area contributed by atoms with Crippen LogP contribution in [0.4, 0.5) is 0 Å². The third-order valence-electron chi connectivity index (χ3n) is 4.45. The molecule has 2 aromatic carbocycles. The van der Waals surface area contributed by atoms with E-state index in [1.54, 1.807) is 0 Å². The van der Waals surface area contributed by atoms with E-state index in [9.17, 15) is 9.90 Å². The average Bonchev–Trinajstić information content (AvgIpc) is 2.72. The number of amides is 1. The predicted molar refractivity (Wildman–Crippen MR) is 123 cm³/mol. The van der Waals surface area contributed by atoms with Gasteiger partial charge in [-0.1, -0.05) is 42.5 Å². The number of aliphatic imine (C=N–C) groups is 1. The van der Waals surface area contributed by atoms with Crippen molar-refractivity contribution >= 4 is 11.9 Å². The van der Waals surface area contributed by atoms with E-state index in [2.05, 4.69) is 20.9 Å². The van der Waals surface area contributed by atoms with Crippen LogP contribution >= 0.6 is 0 Å². The number of nitrogens with one attached hydrogen (secondary N) is 3. The summed E-state index contributed by atoms with van der Waals surface area (Å²) in [6, 6.07) is 17.5. The Balaban J connectivity index is 2.03. The summed E-state index contributed by atoms with van der Waals surface area (Å²) in [5, 5.41) is 19.3. The number of hydrogen-bond acceptors (Lipinski definition) is 3. The zero-order valence-corrected chi connectivity index (χ0v) is 18.4. The number of nitrogens with zero attached hydrogens (tertiary/aromatic N) is 1. The molecule has 2 rings (SSSR count). The van der Waals surface area contributed by atoms with Crippen molar-refractivity contribution in [2.24, 2.45) is 4.99 Å². The molecule has 2 aromatic rings. The number of hydrogen-bond donors (Lipinski definition) is 4. The summed E-state index contributed by atoms with van der Waals surface area (Å²) in [7, 11) is 0. The number of aliphatic hydroxyl groups excluding tert-OH is 1. The van der Waals surface area contributed by atoms with Gasteiger partial charge in [-0.15, -0.1) is 0 Å². The standard InChI is InChI=1S/C24H34N4O2/c1-5-25-23(27-16-21(17-29)19-11-7-6-8-12-19)26-15-18-10-9-13-20(14-18)22(30)28-24(2,3)4/h6-14,21,29H,5,15-17H2,1-4H3,(H,28,30)(H2,25,26,27). The van der Waals surface area contributed by atoms with Crippen molar-refractivity contribution in [3.63, 3.8) is 0 Å². The van der Waals surface area contributed by atoms with Gasteiger partial charge >= 0.3 is 0 Å². The largest absolute Gasteiger partial charge is 0.396 e. The van der Waals surface area contributed by atoms with Crippen molar-refractivity contribution in [3.8, 4) is 0 Å². The second kappa shape index (κ2) is 11.4. The molecule has 30 heavy (non-hydrogen) atoms. The molecule has 162 valence electrons. The summed E-state index contributed by atoms with van der Waals surface area (Å²) in [4.78, 5) is 17.0. The van der Waals surface area contributed by atoms with Crippen LogP contribution in [-0.4, -0.2) is 42.2 Å². The van der Waals surface area contributed by atoms with Gasteiger partial charge < -0.3 is 21.1 Å². The van der Waals surface area contributed by atoms with Crippen LogP contribution in [0.15, 0.2) is 59.6 Å². The van der Waals surface area contributed by atoms with Crippen LogP contribution in [0.3, 0.4) is 0 Å². The van der Waals surface area contributed by atoms with Crippen molar-refractivity contribution in [2.45, 2.75) is 45.7 Å². The van der Waals surface area contributed by atoms with Gasteiger partial charge in [0.15, 0.2) is 5.96 Å². The highest BCUT2D eigenvalue weighted by Gasteiger charge is 2.15. The number of carbonyl (C=O) groups is 1. The first kappa shape index (κ1) is 23.4. The smallest absolute Gasteiger partial charge is 0.251 e. The topological polar surface area (TPSA) is 85.8 Å². The summed E-state index contributed by atoms with van der Waals surface area (Å²) in [6.07, 6.45) is 0. The summed E-state index contributed by atoms with van der Waals surface area (Å²) in [5.74, 6) is 0.572. The summed E-state index contributed by atoms with van der Waals surface area (Å²) < 4.78 is 0. The highest BCUT2D eigenvalue weighted by molar-refractivity contribution is 5.94. The van der Waals surface area contributed by atoms with E-state index in [4.69, 9.17) is 0 Å². The molecule has 0 heterocycles. The molecule has 0 spiro atoms. The van der Waals surface area contributed by atoms with Crippen molar-refractivity contribution < 1.29 is 9.90 Å². The molecular weight excluding hydrogens is 376 g/mol. The average molecular weight is 411 g/mol. The van der Waals surface area contributed by atoms with Gasteiger partial charge in [0.2, 0.25) is 0 Å². The molecule has 0 saturated carbocycles. The van der Waals surface area contributed by atoms with Crippen LogP contribution in [-0.2, 0) is 6.54 Å². The Bertz CT molecular complexity index is 829. The Kier molecular flexibility index (Phi) is 8.87. The Morgan fingerprint density at radius 3 is 2.43 bits per heavy atom. The summed E-state index contributed by atoms with van der Waals surface area (Å²) in [6.45, 7) is 9.70. The number of benzene rings is 2. The summed E-state index contributed by atoms with van der Waals surface area (Å²) in [5.41, 5.74) is 2.38. The molecule has 0 bridgehead atoms. The Labute approximate surface area is 179 Å². The maximum absolute atomic E-state index is 12.4. The van der Waals surface area contributed by atoms with E-state index >= 15 is 0 Å². The molecule has 0 aliphatic carbocycles. The molecule has 0 aliphatic heterocycles. The van der Waals surface area contributed by atoms with E-state index < -0.39 is 0 Å². The molecule has 0 aromatic heterocycles. The molecule has 1 unspecified atom stereocenters. The molecule has 0 aliphatic rings. The van der Waals surface area contributed by atoms with Crippen molar-refractivity contribution in [2.75, 3.05) is 19.7 Å². The second-order valence-corrected chi connectivity index (χ2v) is 8.27. The van der Waals surface area contributed by atoms with Crippen LogP contribution in [0.1, 0.15) is 55.1 Å². The van der Waals surface area contributed by atoms with Crippen LogP contribution < -0.4 is 16.0 Å². The van der Waals surface area contributed by atoms with Gasteiger partial charge in [0.1, 0.15) is 0 Å². The molecule has 6 heteroatoms. The van der Waals surface area contributed by atoms with E-state index in [0.717, 1.165) is 17.7 Å². The number of rotatable bonds is 8. The van der Waals surface area contributed by atoms with Crippen LogP contribution in [0.2, 0.25) is 0 Å². The first-order valence-corrected chi connectivity index (χ1v) is 10.4. The normalized spacial score (nSPS) is 12.9. The third kappa shape index (κ3) is 7.87. The lowest BCUT2D eigenvalue weighted by Gasteiger charge is -2.20. The lowest BCUT2D eigenvalue weighted by atomic mass is 10.0. The fraction of sp³-hybridized carbons (Fsp3) is 0.417. The number of aliphatic hydroxyl groups is 1. The van der Waals surface area contributed by atoms with Crippen molar-refractivity contribution in [3.05, 3.63) is 71.3 Å². The Hall–Kier alpha value is -2.86. The molecule has 0 saturated heterocycles. The molecule has 0 fully saturated rings. The van der Waals surface area contributed by atoms with Crippen molar-refractivity contribution in [1.29, 1.82) is 0 Å². The fourth-order valence-corrected chi connectivity index (χ4v) is 2.97. The highest BCUT2D eigenvalue weighted by atomic mass is 16.3. The van der Waals surface area contributed by atoms with Gasteiger partial charge in [-0.05, 0) is 51.0 Å². The molecular formula is C24H34N4O2. The maximum atomic E-state index is 12.4. The quantitative estimate of drug-likeness (QED) is 0.398. The highest BCUT2D eigenvalue weighted by Crippen LogP contribution is 2.13. The van der Waals surface area contributed by atoms with Gasteiger partial charge in [0, 0.05) is 30.1 Å². The Morgan fingerprint density at radius 1 is 1.07 bits per heavy atom. The molecule has 4 N–H and O–H groups in total. The van der Waals surface area contributed by atoms with E-state index in [0.29, 0.717) is 24.6 Å². The van der Waals surface area contributed by atoms with E-state index in [1.165, 1.54) is 0 Å². The minimum atomic E-state index is -0.282. The second-order valence-electron chi connectivity index (χ2n) is 8.27. The minimum Gasteiger partial charge on any atom is -0.396 e. The van der Waals surface area contributed by atoms with E-state index in [1.807, 2.05) is 82.3 Å². The first-order chi connectivity index (χ1) is 14.3. The zero-order valence-electron chi connectivity index (χ0n) is 18.4. The maximum Gasteiger partial charge on any atom is 0.251 e. The van der Waals surface area contributed by atoms with Gasteiger partial charge in [-0.2, -0.15) is 0 Å². The van der Waals surface area contributed by atoms with Crippen LogP contribution in [0, 0.1) is 0 Å². The Morgan fingerprint density at radius 2 is 1.80 bits per heavy atom. The third-order valence-corrected chi connectivity index (χ3v) is 4.45. The summed E-state index contributed by atoms with van der Waals surface area (Å²) >= 11 is 0. The molecule has 0 radical (unpaired) electrons. The lowest BCUT2D eigenvalue weighted by molar-refractivity contribution is 0.0919. The van der Waals surface area contributed by atoms with Gasteiger partial charge in [0.05, 0.1) is 13.2 Å². The lowest BCUT2D eigenvalue weighted by Crippen LogP contribution is -2.40. The van der Waals surface area contributed by atoms with Gasteiger partial charge in [-0.25, -0.2) is 4.99 Å². The zero-order chi connectivity index (χ0) is 22.0. The van der Waals surface area contributed by atoms with Crippen molar-refractivity contribution in [1.82, 2.24) is 16.0 Å². The predicted octanol–water partition coefficient (Wildman–Crippen LogP) is 3.05. The van der Waals surface area contributed by atoms with Gasteiger partial charge in [0.25, 0.3) is 5.91 Å². The monoisotopic (exact) mass is 410 g/mol. The number of carbonyl (C=O) groups excluding carboxylic acids is 1. The van der Waals surface area contributed by atoms with E-state index in [-0.39, 0.29) is 24.0 Å².